The van der Waals surface area contributed by atoms with Gasteiger partial charge in [-0.15, -0.1) is 0 Å². The highest BCUT2D eigenvalue weighted by atomic mass is 16.3. The summed E-state index contributed by atoms with van der Waals surface area (Å²) in [5.41, 5.74) is 0.451. The molecule has 2 rings (SSSR count). The number of nitrogens with zero attached hydrogens (tertiary/aromatic N) is 2. The molecule has 1 aromatic heterocycles. The molecule has 1 amide bonds. The van der Waals surface area contributed by atoms with E-state index in [1.54, 1.807) is 6.07 Å². The smallest absolute Gasteiger partial charge is 0.271 e. The standard InChI is InChI=1S/C14H24N4O2/c1-2-11(6-9-19)16-14(20)13-5-8-18(17-13)12-4-3-7-15-10-12/h5,8,11-12,15,19H,2-4,6-7,9-10H2,1H3,(H,16,20). The zero-order chi connectivity index (χ0) is 14.4. The molecule has 1 fully saturated rings. The van der Waals surface area contributed by atoms with E-state index in [0.717, 1.165) is 32.4 Å². The first-order chi connectivity index (χ1) is 9.74. The minimum atomic E-state index is -0.159. The summed E-state index contributed by atoms with van der Waals surface area (Å²) in [4.78, 5) is 12.1. The lowest BCUT2D eigenvalue weighted by molar-refractivity contribution is 0.0922. The molecule has 0 spiro atoms. The Labute approximate surface area is 119 Å². The Bertz CT molecular complexity index is 427. The van der Waals surface area contributed by atoms with E-state index >= 15 is 0 Å². The quantitative estimate of drug-likeness (QED) is 0.716. The monoisotopic (exact) mass is 280 g/mol. The van der Waals surface area contributed by atoms with Crippen LogP contribution in [-0.2, 0) is 0 Å². The number of carbonyl (C=O) groups excluding carboxylic acids is 1. The molecule has 0 radical (unpaired) electrons. The zero-order valence-electron chi connectivity index (χ0n) is 12.0. The Hall–Kier alpha value is -1.40. The fourth-order valence-electron chi connectivity index (χ4n) is 2.52. The van der Waals surface area contributed by atoms with Gasteiger partial charge in [-0.3, -0.25) is 9.48 Å². The van der Waals surface area contributed by atoms with Gasteiger partial charge in [0.2, 0.25) is 0 Å². The van der Waals surface area contributed by atoms with Crippen molar-refractivity contribution >= 4 is 5.91 Å². The Kier molecular flexibility index (Phi) is 5.55. The third-order valence-electron chi connectivity index (χ3n) is 3.79. The molecule has 1 aromatic rings. The molecule has 0 saturated carbocycles. The molecule has 112 valence electrons. The number of aliphatic hydroxyl groups is 1. The van der Waals surface area contributed by atoms with Crippen molar-refractivity contribution in [2.75, 3.05) is 19.7 Å². The van der Waals surface area contributed by atoms with Crippen molar-refractivity contribution in [2.45, 2.75) is 44.7 Å². The molecule has 6 heteroatoms. The van der Waals surface area contributed by atoms with Crippen molar-refractivity contribution in [1.29, 1.82) is 0 Å². The van der Waals surface area contributed by atoms with Crippen LogP contribution in [0.15, 0.2) is 12.3 Å². The molecule has 0 bridgehead atoms. The van der Waals surface area contributed by atoms with Gasteiger partial charge in [-0.2, -0.15) is 5.10 Å². The topological polar surface area (TPSA) is 79.2 Å². The van der Waals surface area contributed by atoms with Gasteiger partial charge in [0.1, 0.15) is 5.69 Å². The van der Waals surface area contributed by atoms with E-state index in [2.05, 4.69) is 15.7 Å². The number of nitrogens with one attached hydrogen (secondary N) is 2. The van der Waals surface area contributed by atoms with E-state index in [9.17, 15) is 4.79 Å². The second-order valence-electron chi connectivity index (χ2n) is 5.27. The minimum absolute atomic E-state index is 0.00833. The third-order valence-corrected chi connectivity index (χ3v) is 3.79. The number of aromatic nitrogens is 2. The summed E-state index contributed by atoms with van der Waals surface area (Å²) in [5, 5.41) is 19.6. The highest BCUT2D eigenvalue weighted by Crippen LogP contribution is 2.15. The van der Waals surface area contributed by atoms with E-state index in [4.69, 9.17) is 5.11 Å². The van der Waals surface area contributed by atoms with Crippen LogP contribution in [0.25, 0.3) is 0 Å². The van der Waals surface area contributed by atoms with Gasteiger partial charge in [0.05, 0.1) is 6.04 Å². The number of carbonyl (C=O) groups is 1. The van der Waals surface area contributed by atoms with Gasteiger partial charge in [0, 0.05) is 25.4 Å². The summed E-state index contributed by atoms with van der Waals surface area (Å²) in [5.74, 6) is -0.159. The molecule has 2 unspecified atom stereocenters. The molecule has 0 aliphatic carbocycles. The molecule has 1 aliphatic rings. The summed E-state index contributed by atoms with van der Waals surface area (Å²) in [7, 11) is 0. The fraction of sp³-hybridized carbons (Fsp3) is 0.714. The van der Waals surface area contributed by atoms with Crippen molar-refractivity contribution < 1.29 is 9.90 Å². The van der Waals surface area contributed by atoms with Crippen LogP contribution in [0.2, 0.25) is 0 Å². The van der Waals surface area contributed by atoms with Gasteiger partial charge in [-0.05, 0) is 38.3 Å². The van der Waals surface area contributed by atoms with Gasteiger partial charge in [-0.1, -0.05) is 6.92 Å². The SMILES string of the molecule is CCC(CCO)NC(=O)c1ccn(C2CCCNC2)n1. The molecule has 2 atom stereocenters. The first-order valence-electron chi connectivity index (χ1n) is 7.42. The van der Waals surface area contributed by atoms with Crippen LogP contribution in [0, 0.1) is 0 Å². The lowest BCUT2D eigenvalue weighted by Crippen LogP contribution is -2.35. The maximum absolute atomic E-state index is 12.1. The lowest BCUT2D eigenvalue weighted by Gasteiger charge is -2.23. The Morgan fingerprint density at radius 2 is 2.55 bits per heavy atom. The molecular formula is C14H24N4O2. The average molecular weight is 280 g/mol. The molecule has 1 saturated heterocycles. The predicted molar refractivity (Wildman–Crippen MR) is 76.6 cm³/mol. The van der Waals surface area contributed by atoms with Crippen LogP contribution < -0.4 is 10.6 Å². The van der Waals surface area contributed by atoms with Crippen LogP contribution in [0.3, 0.4) is 0 Å². The summed E-state index contributed by atoms with van der Waals surface area (Å²) in [6, 6.07) is 2.11. The van der Waals surface area contributed by atoms with Crippen LogP contribution in [0.5, 0.6) is 0 Å². The maximum atomic E-state index is 12.1. The summed E-state index contributed by atoms with van der Waals surface area (Å²) in [6.45, 7) is 4.04. The van der Waals surface area contributed by atoms with E-state index in [1.807, 2.05) is 17.8 Å². The molecule has 3 N–H and O–H groups in total. The predicted octanol–water partition coefficient (Wildman–Crippen LogP) is 0.698. The van der Waals surface area contributed by atoms with Gasteiger partial charge in [0.25, 0.3) is 5.91 Å². The highest BCUT2D eigenvalue weighted by Gasteiger charge is 2.18. The van der Waals surface area contributed by atoms with Gasteiger partial charge < -0.3 is 15.7 Å². The Morgan fingerprint density at radius 3 is 3.20 bits per heavy atom. The van der Waals surface area contributed by atoms with Crippen molar-refractivity contribution in [3.05, 3.63) is 18.0 Å². The zero-order valence-corrected chi connectivity index (χ0v) is 12.0. The third kappa shape index (κ3) is 3.80. The van der Waals surface area contributed by atoms with E-state index < -0.39 is 0 Å². The molecule has 1 aliphatic heterocycles. The fourth-order valence-corrected chi connectivity index (χ4v) is 2.52. The maximum Gasteiger partial charge on any atom is 0.271 e. The summed E-state index contributed by atoms with van der Waals surface area (Å²) >= 11 is 0. The van der Waals surface area contributed by atoms with E-state index in [-0.39, 0.29) is 18.6 Å². The average Bonchev–Trinajstić information content (AvgIpc) is 2.97. The Balaban J connectivity index is 1.95. The van der Waals surface area contributed by atoms with Crippen LogP contribution in [0.4, 0.5) is 0 Å². The molecule has 20 heavy (non-hydrogen) atoms. The van der Waals surface area contributed by atoms with Crippen molar-refractivity contribution in [3.63, 3.8) is 0 Å². The van der Waals surface area contributed by atoms with Crippen LogP contribution in [0.1, 0.15) is 49.1 Å². The number of aliphatic hydroxyl groups excluding tert-OH is 1. The highest BCUT2D eigenvalue weighted by molar-refractivity contribution is 5.92. The number of rotatable bonds is 6. The first-order valence-corrected chi connectivity index (χ1v) is 7.42. The van der Waals surface area contributed by atoms with Crippen LogP contribution in [-0.4, -0.2) is 46.5 Å². The lowest BCUT2D eigenvalue weighted by atomic mass is 10.1. The second kappa shape index (κ2) is 7.40. The van der Waals surface area contributed by atoms with E-state index in [0.29, 0.717) is 18.2 Å². The molecule has 6 nitrogen and oxygen atoms in total. The second-order valence-corrected chi connectivity index (χ2v) is 5.27. The first kappa shape index (κ1) is 15.0. The number of amides is 1. The summed E-state index contributed by atoms with van der Waals surface area (Å²) in [6.07, 6.45) is 5.49. The van der Waals surface area contributed by atoms with Gasteiger partial charge in [0.15, 0.2) is 0 Å². The van der Waals surface area contributed by atoms with E-state index in [1.165, 1.54) is 0 Å². The van der Waals surface area contributed by atoms with Gasteiger partial charge in [-0.25, -0.2) is 0 Å². The number of piperidine rings is 1. The number of hydrogen-bond donors (Lipinski definition) is 3. The molecule has 2 heterocycles. The van der Waals surface area contributed by atoms with Crippen LogP contribution >= 0.6 is 0 Å². The molecule has 0 aromatic carbocycles. The Morgan fingerprint density at radius 1 is 1.70 bits per heavy atom. The number of hydrogen-bond acceptors (Lipinski definition) is 4. The largest absolute Gasteiger partial charge is 0.396 e. The normalized spacial score (nSPS) is 20.6. The minimum Gasteiger partial charge on any atom is -0.396 e. The summed E-state index contributed by atoms with van der Waals surface area (Å²) < 4.78 is 1.88. The van der Waals surface area contributed by atoms with Crippen molar-refractivity contribution in [2.24, 2.45) is 0 Å². The van der Waals surface area contributed by atoms with Crippen molar-refractivity contribution in [1.82, 2.24) is 20.4 Å². The van der Waals surface area contributed by atoms with Crippen molar-refractivity contribution in [3.8, 4) is 0 Å². The molecular weight excluding hydrogens is 256 g/mol. The van der Waals surface area contributed by atoms with Gasteiger partial charge >= 0.3 is 0 Å².